The molecule has 0 radical (unpaired) electrons. The van der Waals surface area contributed by atoms with Crippen molar-refractivity contribution in [2.24, 2.45) is 11.8 Å². The summed E-state index contributed by atoms with van der Waals surface area (Å²) in [6, 6.07) is 0. The highest BCUT2D eigenvalue weighted by Gasteiger charge is 2.68. The van der Waals surface area contributed by atoms with Crippen LogP contribution in [0.15, 0.2) is 24.3 Å². The first-order valence-electron chi connectivity index (χ1n) is 8.14. The van der Waals surface area contributed by atoms with Crippen molar-refractivity contribution in [1.29, 1.82) is 0 Å². The molecule has 2 aliphatic carbocycles. The Morgan fingerprint density at radius 2 is 2.14 bits per heavy atom. The van der Waals surface area contributed by atoms with Crippen LogP contribution in [0.1, 0.15) is 52.9 Å². The number of fused-ring (bicyclic) bond motifs is 3. The molecule has 5 atom stereocenters. The van der Waals surface area contributed by atoms with E-state index in [2.05, 4.69) is 31.2 Å². The number of hydrogen-bond donors (Lipinski definition) is 0. The van der Waals surface area contributed by atoms with Crippen LogP contribution in [0.5, 0.6) is 0 Å². The van der Waals surface area contributed by atoms with Crippen LogP contribution in [-0.2, 0) is 14.3 Å². The van der Waals surface area contributed by atoms with Gasteiger partial charge in [0.25, 0.3) is 0 Å². The van der Waals surface area contributed by atoms with Crippen LogP contribution in [0, 0.1) is 11.8 Å². The first-order valence-corrected chi connectivity index (χ1v) is 8.14. The minimum atomic E-state index is -0.424. The van der Waals surface area contributed by atoms with Crippen LogP contribution in [0.2, 0.25) is 0 Å². The number of carbonyl (C=O) groups is 1. The molecule has 3 aliphatic rings. The molecule has 21 heavy (non-hydrogen) atoms. The normalized spacial score (nSPS) is 44.8. The highest BCUT2D eigenvalue weighted by molar-refractivity contribution is 5.67. The van der Waals surface area contributed by atoms with Crippen LogP contribution in [0.3, 0.4) is 0 Å². The summed E-state index contributed by atoms with van der Waals surface area (Å²) in [6.45, 7) is 5.73. The van der Waals surface area contributed by atoms with E-state index in [4.69, 9.17) is 9.47 Å². The van der Waals surface area contributed by atoms with Crippen molar-refractivity contribution >= 4 is 5.97 Å². The van der Waals surface area contributed by atoms with E-state index < -0.39 is 5.60 Å². The molecule has 0 N–H and O–H groups in total. The highest BCUT2D eigenvalue weighted by Crippen LogP contribution is 2.61. The van der Waals surface area contributed by atoms with E-state index in [9.17, 15) is 4.79 Å². The summed E-state index contributed by atoms with van der Waals surface area (Å²) in [5.74, 6) is 0.877. The third-order valence-corrected chi connectivity index (χ3v) is 5.71. The van der Waals surface area contributed by atoms with E-state index in [0.717, 1.165) is 32.1 Å². The van der Waals surface area contributed by atoms with Crippen molar-refractivity contribution in [2.45, 2.75) is 70.2 Å². The van der Waals surface area contributed by atoms with E-state index >= 15 is 0 Å². The molecule has 0 spiro atoms. The maximum Gasteiger partial charge on any atom is 0.303 e. The third-order valence-electron chi connectivity index (χ3n) is 5.71. The van der Waals surface area contributed by atoms with Crippen LogP contribution >= 0.6 is 0 Å². The largest absolute Gasteiger partial charge is 0.456 e. The zero-order valence-electron chi connectivity index (χ0n) is 13.3. The zero-order valence-corrected chi connectivity index (χ0v) is 13.3. The minimum Gasteiger partial charge on any atom is -0.456 e. The Kier molecular flexibility index (Phi) is 3.73. The van der Waals surface area contributed by atoms with Crippen molar-refractivity contribution in [1.82, 2.24) is 0 Å². The molecule has 3 nitrogen and oxygen atoms in total. The summed E-state index contributed by atoms with van der Waals surface area (Å²) in [5, 5.41) is 0. The Labute approximate surface area is 127 Å². The van der Waals surface area contributed by atoms with E-state index in [1.807, 2.05) is 6.92 Å². The third kappa shape index (κ3) is 2.26. The lowest BCUT2D eigenvalue weighted by molar-refractivity contribution is -0.177. The maximum atomic E-state index is 11.7. The van der Waals surface area contributed by atoms with Crippen LogP contribution < -0.4 is 0 Å². The summed E-state index contributed by atoms with van der Waals surface area (Å²) >= 11 is 0. The Morgan fingerprint density at radius 1 is 1.38 bits per heavy atom. The second kappa shape index (κ2) is 5.28. The predicted octanol–water partition coefficient (Wildman–Crippen LogP) is 3.79. The molecule has 1 heterocycles. The quantitative estimate of drug-likeness (QED) is 0.586. The molecule has 2 fully saturated rings. The lowest BCUT2D eigenvalue weighted by Gasteiger charge is -2.39. The molecule has 116 valence electrons. The van der Waals surface area contributed by atoms with E-state index in [0.29, 0.717) is 11.8 Å². The van der Waals surface area contributed by atoms with Crippen LogP contribution in [-0.4, -0.2) is 23.3 Å². The fourth-order valence-corrected chi connectivity index (χ4v) is 4.85. The summed E-state index contributed by atoms with van der Waals surface area (Å²) in [4.78, 5) is 11.7. The second-order valence-corrected chi connectivity index (χ2v) is 6.96. The lowest BCUT2D eigenvalue weighted by Crippen LogP contribution is -2.50. The molecule has 3 rings (SSSR count). The lowest BCUT2D eigenvalue weighted by atomic mass is 9.77. The average Bonchev–Trinajstić information content (AvgIpc) is 2.81. The fourth-order valence-electron chi connectivity index (χ4n) is 4.85. The smallest absolute Gasteiger partial charge is 0.303 e. The van der Waals surface area contributed by atoms with Crippen molar-refractivity contribution in [3.63, 3.8) is 0 Å². The van der Waals surface area contributed by atoms with Gasteiger partial charge in [0, 0.05) is 13.3 Å². The molecule has 0 aromatic rings. The van der Waals surface area contributed by atoms with E-state index in [1.165, 1.54) is 6.92 Å². The maximum absolute atomic E-state index is 11.7. The van der Waals surface area contributed by atoms with Gasteiger partial charge in [0.05, 0.1) is 6.10 Å². The van der Waals surface area contributed by atoms with Gasteiger partial charge in [0.2, 0.25) is 0 Å². The molecular weight excluding hydrogens is 264 g/mol. The first kappa shape index (κ1) is 14.8. The number of esters is 1. The molecule has 0 unspecified atom stereocenters. The Morgan fingerprint density at radius 3 is 2.86 bits per heavy atom. The number of allylic oxidation sites excluding steroid dienone is 3. The van der Waals surface area contributed by atoms with Gasteiger partial charge in [-0.25, -0.2) is 0 Å². The Hall–Kier alpha value is -1.09. The number of hydrogen-bond acceptors (Lipinski definition) is 3. The van der Waals surface area contributed by atoms with Gasteiger partial charge in [-0.3, -0.25) is 4.79 Å². The second-order valence-electron chi connectivity index (χ2n) is 6.96. The summed E-state index contributed by atoms with van der Waals surface area (Å²) in [6.07, 6.45) is 13.7. The van der Waals surface area contributed by atoms with Gasteiger partial charge >= 0.3 is 5.97 Å². The molecule has 3 heteroatoms. The predicted molar refractivity (Wildman–Crippen MR) is 81.8 cm³/mol. The summed E-state index contributed by atoms with van der Waals surface area (Å²) < 4.78 is 12.4. The monoisotopic (exact) mass is 290 g/mol. The molecule has 0 amide bonds. The van der Waals surface area contributed by atoms with Crippen molar-refractivity contribution in [3.8, 4) is 0 Å². The number of ether oxygens (including phenoxy) is 2. The van der Waals surface area contributed by atoms with Gasteiger partial charge in [-0.05, 0) is 51.4 Å². The summed E-state index contributed by atoms with van der Waals surface area (Å²) in [5.41, 5.74) is -0.757. The number of rotatable bonds is 3. The van der Waals surface area contributed by atoms with Crippen LogP contribution in [0.4, 0.5) is 0 Å². The standard InChI is InChI=1S/C18H26O3/c1-4-5-9-15-12-18(20-13(2)19)11-14-8-6-7-10-16(14)17(18,3)21-15/h4-7,14-16H,8-12H2,1-3H3/b5-4-/t14-,15-,16-,17-,18+/m1/s1. The molecule has 0 bridgehead atoms. The van der Waals surface area contributed by atoms with Gasteiger partial charge in [-0.2, -0.15) is 0 Å². The van der Waals surface area contributed by atoms with Crippen LogP contribution in [0.25, 0.3) is 0 Å². The molecule has 0 aromatic heterocycles. The van der Waals surface area contributed by atoms with Gasteiger partial charge in [-0.15, -0.1) is 0 Å². The van der Waals surface area contributed by atoms with Gasteiger partial charge in [-0.1, -0.05) is 24.3 Å². The molecule has 1 saturated carbocycles. The number of carbonyl (C=O) groups excluding carboxylic acids is 1. The van der Waals surface area contributed by atoms with Crippen molar-refractivity contribution in [3.05, 3.63) is 24.3 Å². The van der Waals surface area contributed by atoms with E-state index in [-0.39, 0.29) is 17.7 Å². The molecule has 1 saturated heterocycles. The van der Waals surface area contributed by atoms with Gasteiger partial charge < -0.3 is 9.47 Å². The molecule has 1 aliphatic heterocycles. The molecular formula is C18H26O3. The minimum absolute atomic E-state index is 0.164. The van der Waals surface area contributed by atoms with Gasteiger partial charge in [0.15, 0.2) is 0 Å². The Balaban J connectivity index is 1.90. The first-order chi connectivity index (χ1) is 10.0. The highest BCUT2D eigenvalue weighted by atomic mass is 16.6. The van der Waals surface area contributed by atoms with Crippen molar-refractivity contribution in [2.75, 3.05) is 0 Å². The SMILES string of the molecule is C/C=C\C[C@@H]1C[C@@]2(OC(C)=O)C[C@H]3CC=CC[C@H]3[C@@]2(C)O1. The average molecular weight is 290 g/mol. The van der Waals surface area contributed by atoms with Gasteiger partial charge in [0.1, 0.15) is 11.2 Å². The summed E-state index contributed by atoms with van der Waals surface area (Å²) in [7, 11) is 0. The van der Waals surface area contributed by atoms with E-state index in [1.54, 1.807) is 0 Å². The van der Waals surface area contributed by atoms with Crippen molar-refractivity contribution < 1.29 is 14.3 Å². The fraction of sp³-hybridized carbons (Fsp3) is 0.722. The topological polar surface area (TPSA) is 35.5 Å². The molecule has 0 aromatic carbocycles. The Bertz CT molecular complexity index is 481. The zero-order chi connectivity index (χ0) is 15.1.